The molecule has 150 valence electrons. The fourth-order valence-electron chi connectivity index (χ4n) is 3.17. The molecule has 1 saturated carbocycles. The van der Waals surface area contributed by atoms with Crippen molar-refractivity contribution in [3.8, 4) is 0 Å². The van der Waals surface area contributed by atoms with Gasteiger partial charge in [0.15, 0.2) is 0 Å². The lowest BCUT2D eigenvalue weighted by Crippen LogP contribution is -2.27. The number of hydrogen-bond donors (Lipinski definition) is 2. The van der Waals surface area contributed by atoms with E-state index in [9.17, 15) is 14.7 Å². The first-order valence-electron chi connectivity index (χ1n) is 9.28. The molecule has 0 amide bonds. The highest BCUT2D eigenvalue weighted by Crippen LogP contribution is 2.28. The molecular formula is C19H25N5O4. The van der Waals surface area contributed by atoms with E-state index < -0.39 is 11.7 Å². The molecular weight excluding hydrogens is 362 g/mol. The number of rotatable bonds is 5. The number of aromatic nitrogens is 4. The fourth-order valence-corrected chi connectivity index (χ4v) is 3.17. The standard InChI is InChI=1S/C19H25N5O4/c1-19(2,3)28-18(27)24-7-6-15(23-24)16(26)14-9-20-11-21-17(14)22-13-5-4-12(8-13)10-25/h6-7,9,11-13,25H,4-5,8,10H2,1-3H3,(H,20,21,22). The molecule has 2 atom stereocenters. The van der Waals surface area contributed by atoms with Crippen LogP contribution >= 0.6 is 0 Å². The minimum atomic E-state index is -0.661. The van der Waals surface area contributed by atoms with E-state index in [0.29, 0.717) is 5.82 Å². The molecule has 9 heteroatoms. The van der Waals surface area contributed by atoms with E-state index in [2.05, 4.69) is 20.4 Å². The number of ketones is 1. The summed E-state index contributed by atoms with van der Waals surface area (Å²) in [7, 11) is 0. The number of nitrogens with one attached hydrogen (secondary N) is 1. The molecule has 1 fully saturated rings. The van der Waals surface area contributed by atoms with Gasteiger partial charge in [0.1, 0.15) is 23.4 Å². The highest BCUT2D eigenvalue weighted by atomic mass is 16.6. The second-order valence-electron chi connectivity index (χ2n) is 7.94. The van der Waals surface area contributed by atoms with E-state index in [1.807, 2.05) is 0 Å². The number of aliphatic hydroxyl groups is 1. The molecule has 0 aliphatic heterocycles. The SMILES string of the molecule is CC(C)(C)OC(=O)n1ccc(C(=O)c2cncnc2NC2CCC(CO)C2)n1. The predicted molar refractivity (Wildman–Crippen MR) is 101 cm³/mol. The highest BCUT2D eigenvalue weighted by molar-refractivity contribution is 6.10. The van der Waals surface area contributed by atoms with Gasteiger partial charge in [-0.3, -0.25) is 4.79 Å². The third kappa shape index (κ3) is 4.72. The zero-order chi connectivity index (χ0) is 20.3. The van der Waals surface area contributed by atoms with E-state index in [1.165, 1.54) is 24.8 Å². The number of ether oxygens (including phenoxy) is 1. The molecule has 3 rings (SSSR count). The molecule has 0 saturated heterocycles. The molecule has 2 aromatic rings. The lowest BCUT2D eigenvalue weighted by Gasteiger charge is -2.18. The molecule has 2 heterocycles. The van der Waals surface area contributed by atoms with Crippen molar-refractivity contribution in [2.24, 2.45) is 5.92 Å². The van der Waals surface area contributed by atoms with E-state index in [0.717, 1.165) is 23.9 Å². The summed E-state index contributed by atoms with van der Waals surface area (Å²) in [5.41, 5.74) is -0.279. The molecule has 28 heavy (non-hydrogen) atoms. The summed E-state index contributed by atoms with van der Waals surface area (Å²) in [6.07, 6.45) is 6.19. The van der Waals surface area contributed by atoms with E-state index in [-0.39, 0.29) is 35.6 Å². The molecule has 2 aromatic heterocycles. The van der Waals surface area contributed by atoms with Gasteiger partial charge >= 0.3 is 6.09 Å². The van der Waals surface area contributed by atoms with Gasteiger partial charge in [-0.05, 0) is 52.0 Å². The van der Waals surface area contributed by atoms with E-state index in [4.69, 9.17) is 4.74 Å². The molecule has 0 bridgehead atoms. The Kier molecular flexibility index (Phi) is 5.73. The van der Waals surface area contributed by atoms with E-state index in [1.54, 1.807) is 20.8 Å². The number of nitrogens with zero attached hydrogens (tertiary/aromatic N) is 4. The molecule has 0 radical (unpaired) electrons. The largest absolute Gasteiger partial charge is 0.442 e. The Hall–Kier alpha value is -2.81. The average Bonchev–Trinajstić information content (AvgIpc) is 3.29. The first-order chi connectivity index (χ1) is 13.3. The summed E-state index contributed by atoms with van der Waals surface area (Å²) in [6, 6.07) is 1.60. The van der Waals surface area contributed by atoms with Crippen molar-refractivity contribution >= 4 is 17.7 Å². The zero-order valence-electron chi connectivity index (χ0n) is 16.3. The van der Waals surface area contributed by atoms with Crippen LogP contribution in [0.4, 0.5) is 10.6 Å². The van der Waals surface area contributed by atoms with Crippen LogP contribution in [0.1, 0.15) is 56.1 Å². The Bertz CT molecular complexity index is 858. The van der Waals surface area contributed by atoms with Gasteiger partial charge in [-0.15, -0.1) is 0 Å². The quantitative estimate of drug-likeness (QED) is 0.750. The lowest BCUT2D eigenvalue weighted by atomic mass is 10.1. The van der Waals surface area contributed by atoms with Crippen LogP contribution in [0.2, 0.25) is 0 Å². The van der Waals surface area contributed by atoms with Crippen LogP contribution < -0.4 is 5.32 Å². The van der Waals surface area contributed by atoms with Gasteiger partial charge in [-0.2, -0.15) is 9.78 Å². The molecule has 2 N–H and O–H groups in total. The van der Waals surface area contributed by atoms with Crippen molar-refractivity contribution in [1.82, 2.24) is 19.7 Å². The molecule has 1 aliphatic carbocycles. The Morgan fingerprint density at radius 2 is 2.14 bits per heavy atom. The second kappa shape index (κ2) is 8.05. The van der Waals surface area contributed by atoms with Gasteiger partial charge in [0.25, 0.3) is 0 Å². The van der Waals surface area contributed by atoms with Crippen molar-refractivity contribution in [2.75, 3.05) is 11.9 Å². The minimum absolute atomic E-state index is 0.100. The summed E-state index contributed by atoms with van der Waals surface area (Å²) < 4.78 is 6.25. The van der Waals surface area contributed by atoms with Gasteiger partial charge in [-0.1, -0.05) is 0 Å². The predicted octanol–water partition coefficient (Wildman–Crippen LogP) is 2.26. The van der Waals surface area contributed by atoms with Gasteiger partial charge in [0, 0.05) is 25.0 Å². The van der Waals surface area contributed by atoms with Crippen molar-refractivity contribution in [3.05, 3.63) is 36.0 Å². The maximum Gasteiger partial charge on any atom is 0.435 e. The van der Waals surface area contributed by atoms with Crippen LogP contribution in [0.3, 0.4) is 0 Å². The van der Waals surface area contributed by atoms with E-state index >= 15 is 0 Å². The Morgan fingerprint density at radius 1 is 1.36 bits per heavy atom. The summed E-state index contributed by atoms with van der Waals surface area (Å²) in [5, 5.41) is 16.6. The number of aliphatic hydroxyl groups excluding tert-OH is 1. The van der Waals surface area contributed by atoms with Crippen LogP contribution in [-0.2, 0) is 4.74 Å². The van der Waals surface area contributed by atoms with Crippen molar-refractivity contribution in [1.29, 1.82) is 0 Å². The maximum atomic E-state index is 12.9. The van der Waals surface area contributed by atoms with Crippen LogP contribution in [-0.4, -0.2) is 55.0 Å². The number of hydrogen-bond acceptors (Lipinski definition) is 8. The van der Waals surface area contributed by atoms with Crippen molar-refractivity contribution < 1.29 is 19.4 Å². The van der Waals surface area contributed by atoms with Crippen molar-refractivity contribution in [3.63, 3.8) is 0 Å². The molecule has 0 spiro atoms. The summed E-state index contributed by atoms with van der Waals surface area (Å²) >= 11 is 0. The Labute approximate surface area is 163 Å². The third-order valence-electron chi connectivity index (χ3n) is 4.50. The van der Waals surface area contributed by atoms with Crippen LogP contribution in [0.5, 0.6) is 0 Å². The smallest absolute Gasteiger partial charge is 0.435 e. The minimum Gasteiger partial charge on any atom is -0.442 e. The van der Waals surface area contributed by atoms with Gasteiger partial charge < -0.3 is 15.2 Å². The molecule has 9 nitrogen and oxygen atoms in total. The van der Waals surface area contributed by atoms with Crippen LogP contribution in [0.15, 0.2) is 24.8 Å². The topological polar surface area (TPSA) is 119 Å². The normalized spacial score (nSPS) is 19.4. The van der Waals surface area contributed by atoms with Crippen molar-refractivity contribution in [2.45, 2.75) is 51.7 Å². The molecule has 1 aliphatic rings. The number of carbonyl (C=O) groups excluding carboxylic acids is 2. The first kappa shape index (κ1) is 19.9. The summed E-state index contributed by atoms with van der Waals surface area (Å²) in [4.78, 5) is 33.1. The maximum absolute atomic E-state index is 12.9. The summed E-state index contributed by atoms with van der Waals surface area (Å²) in [6.45, 7) is 5.42. The second-order valence-corrected chi connectivity index (χ2v) is 7.94. The first-order valence-corrected chi connectivity index (χ1v) is 9.28. The third-order valence-corrected chi connectivity index (χ3v) is 4.50. The number of carbonyl (C=O) groups is 2. The number of anilines is 1. The highest BCUT2D eigenvalue weighted by Gasteiger charge is 2.27. The van der Waals surface area contributed by atoms with Gasteiger partial charge in [0.05, 0.1) is 5.56 Å². The molecule has 0 aromatic carbocycles. The van der Waals surface area contributed by atoms with Crippen LogP contribution in [0.25, 0.3) is 0 Å². The Morgan fingerprint density at radius 3 is 2.82 bits per heavy atom. The van der Waals surface area contributed by atoms with Crippen LogP contribution in [0, 0.1) is 5.92 Å². The zero-order valence-corrected chi connectivity index (χ0v) is 16.3. The fraction of sp³-hybridized carbons (Fsp3) is 0.526. The van der Waals surface area contributed by atoms with Gasteiger partial charge in [-0.25, -0.2) is 14.8 Å². The van der Waals surface area contributed by atoms with Gasteiger partial charge in [0.2, 0.25) is 5.78 Å². The lowest BCUT2D eigenvalue weighted by molar-refractivity contribution is 0.0514. The Balaban J connectivity index is 1.76. The molecule has 2 unspecified atom stereocenters. The summed E-state index contributed by atoms with van der Waals surface area (Å²) in [5.74, 6) is 0.306. The monoisotopic (exact) mass is 387 g/mol. The average molecular weight is 387 g/mol.